The number of phenols is 1. The minimum atomic E-state index is -0.524. The van der Waals surface area contributed by atoms with Gasteiger partial charge in [-0.1, -0.05) is 0 Å². The lowest BCUT2D eigenvalue weighted by atomic mass is 10.2. The van der Waals surface area contributed by atoms with Crippen LogP contribution < -0.4 is 15.5 Å². The number of benzene rings is 1. The van der Waals surface area contributed by atoms with E-state index < -0.39 is 6.04 Å². The Balaban J connectivity index is 1.91. The van der Waals surface area contributed by atoms with Gasteiger partial charge in [-0.15, -0.1) is 0 Å². The Bertz CT molecular complexity index is 557. The maximum Gasteiger partial charge on any atom is 0.262 e. The van der Waals surface area contributed by atoms with Crippen LogP contribution in [0.5, 0.6) is 11.5 Å². The summed E-state index contributed by atoms with van der Waals surface area (Å²) in [5.74, 6) is -0.135. The fourth-order valence-corrected chi connectivity index (χ4v) is 1.85. The van der Waals surface area contributed by atoms with E-state index in [0.29, 0.717) is 24.2 Å². The molecule has 3 N–H and O–H groups in total. The van der Waals surface area contributed by atoms with Gasteiger partial charge in [0, 0.05) is 6.42 Å². The van der Waals surface area contributed by atoms with E-state index in [9.17, 15) is 14.7 Å². The van der Waals surface area contributed by atoms with Crippen molar-refractivity contribution in [2.45, 2.75) is 18.9 Å². The number of phenolic OH excluding ortho intramolecular Hbond substituents is 1. The first-order chi connectivity index (χ1) is 9.60. The molecule has 1 aromatic carbocycles. The molecule has 2 rings (SSSR count). The number of ether oxygens (including phenoxy) is 1. The van der Waals surface area contributed by atoms with Gasteiger partial charge in [0.25, 0.3) is 5.91 Å². The molecule has 1 saturated heterocycles. The van der Waals surface area contributed by atoms with Crippen molar-refractivity contribution in [3.05, 3.63) is 23.8 Å². The van der Waals surface area contributed by atoms with Crippen LogP contribution in [0.4, 0.5) is 0 Å². The molecular weight excluding hydrogens is 262 g/mol. The number of rotatable bonds is 4. The van der Waals surface area contributed by atoms with Crippen LogP contribution in [-0.2, 0) is 9.59 Å². The van der Waals surface area contributed by atoms with Crippen molar-refractivity contribution in [1.82, 2.24) is 10.7 Å². The fourth-order valence-electron chi connectivity index (χ4n) is 1.85. The van der Waals surface area contributed by atoms with E-state index >= 15 is 0 Å². The number of methoxy groups -OCH3 is 1. The summed E-state index contributed by atoms with van der Waals surface area (Å²) in [7, 11) is 1.46. The second kappa shape index (κ2) is 6.05. The Kier molecular flexibility index (Phi) is 4.19. The molecule has 1 aliphatic heterocycles. The second-order valence-electron chi connectivity index (χ2n) is 4.32. The van der Waals surface area contributed by atoms with Crippen LogP contribution in [0, 0.1) is 0 Å². The number of carbonyl (C=O) groups is 2. The highest BCUT2D eigenvalue weighted by Crippen LogP contribution is 2.25. The molecule has 106 valence electrons. The lowest BCUT2D eigenvalue weighted by molar-refractivity contribution is -0.125. The van der Waals surface area contributed by atoms with E-state index in [1.54, 1.807) is 12.1 Å². The molecule has 1 aromatic rings. The molecule has 0 bridgehead atoms. The minimum Gasteiger partial charge on any atom is -0.504 e. The number of hydrazone groups is 1. The molecule has 7 nitrogen and oxygen atoms in total. The summed E-state index contributed by atoms with van der Waals surface area (Å²) >= 11 is 0. The third kappa shape index (κ3) is 3.25. The summed E-state index contributed by atoms with van der Waals surface area (Å²) in [5.41, 5.74) is 2.95. The molecule has 1 heterocycles. The first kappa shape index (κ1) is 13.9. The van der Waals surface area contributed by atoms with E-state index in [2.05, 4.69) is 15.8 Å². The molecule has 1 unspecified atom stereocenters. The van der Waals surface area contributed by atoms with Gasteiger partial charge in [-0.25, -0.2) is 5.43 Å². The molecule has 1 atom stereocenters. The molecule has 1 fully saturated rings. The van der Waals surface area contributed by atoms with E-state index in [4.69, 9.17) is 4.74 Å². The van der Waals surface area contributed by atoms with Crippen LogP contribution in [0.3, 0.4) is 0 Å². The van der Waals surface area contributed by atoms with Gasteiger partial charge in [0.1, 0.15) is 6.04 Å². The van der Waals surface area contributed by atoms with E-state index in [-0.39, 0.29) is 17.6 Å². The van der Waals surface area contributed by atoms with Gasteiger partial charge in [-0.05, 0) is 30.2 Å². The van der Waals surface area contributed by atoms with Crippen molar-refractivity contribution in [2.75, 3.05) is 7.11 Å². The lowest BCUT2D eigenvalue weighted by Gasteiger charge is -2.07. The number of amides is 2. The predicted molar refractivity (Wildman–Crippen MR) is 71.6 cm³/mol. The lowest BCUT2D eigenvalue weighted by Crippen LogP contribution is -2.39. The minimum absolute atomic E-state index is 0.00849. The molecule has 0 saturated carbocycles. The van der Waals surface area contributed by atoms with Gasteiger partial charge < -0.3 is 15.2 Å². The molecule has 20 heavy (non-hydrogen) atoms. The van der Waals surface area contributed by atoms with Crippen molar-refractivity contribution < 1.29 is 19.4 Å². The largest absolute Gasteiger partial charge is 0.504 e. The van der Waals surface area contributed by atoms with Crippen LogP contribution in [-0.4, -0.2) is 36.3 Å². The van der Waals surface area contributed by atoms with Crippen LogP contribution in [0.25, 0.3) is 0 Å². The van der Waals surface area contributed by atoms with E-state index in [1.807, 2.05) is 0 Å². The Morgan fingerprint density at radius 2 is 2.40 bits per heavy atom. The van der Waals surface area contributed by atoms with Gasteiger partial charge in [-0.3, -0.25) is 9.59 Å². The number of hydrogen-bond donors (Lipinski definition) is 3. The predicted octanol–water partition coefficient (Wildman–Crippen LogP) is 0.129. The highest BCUT2D eigenvalue weighted by Gasteiger charge is 2.26. The average Bonchev–Trinajstić information content (AvgIpc) is 2.85. The molecule has 0 aromatic heterocycles. The Hall–Kier alpha value is -2.57. The normalized spacial score (nSPS) is 18.1. The highest BCUT2D eigenvalue weighted by molar-refractivity contribution is 5.91. The van der Waals surface area contributed by atoms with E-state index in [0.717, 1.165) is 0 Å². The van der Waals surface area contributed by atoms with Gasteiger partial charge >= 0.3 is 0 Å². The fraction of sp³-hybridized carbons (Fsp3) is 0.308. The maximum atomic E-state index is 11.6. The third-order valence-corrected chi connectivity index (χ3v) is 2.90. The molecule has 2 amide bonds. The Morgan fingerprint density at radius 3 is 3.00 bits per heavy atom. The second-order valence-corrected chi connectivity index (χ2v) is 4.32. The van der Waals surface area contributed by atoms with Crippen molar-refractivity contribution in [3.63, 3.8) is 0 Å². The standard InChI is InChI=1S/C13H15N3O4/c1-20-11-4-2-8(6-10(11)17)7-14-16-13(19)9-3-5-12(18)15-9/h2,4,6-7,9,17H,3,5H2,1H3,(H,15,18)(H,16,19). The van der Waals surface area contributed by atoms with Crippen LogP contribution >= 0.6 is 0 Å². The monoisotopic (exact) mass is 277 g/mol. The van der Waals surface area contributed by atoms with Gasteiger partial charge in [0.05, 0.1) is 13.3 Å². The van der Waals surface area contributed by atoms with Gasteiger partial charge in [0.15, 0.2) is 11.5 Å². The van der Waals surface area contributed by atoms with Crippen molar-refractivity contribution in [3.8, 4) is 11.5 Å². The van der Waals surface area contributed by atoms with Crippen molar-refractivity contribution >= 4 is 18.0 Å². The van der Waals surface area contributed by atoms with Crippen LogP contribution in [0.1, 0.15) is 18.4 Å². The number of carbonyl (C=O) groups excluding carboxylic acids is 2. The summed E-state index contributed by atoms with van der Waals surface area (Å²) in [6.45, 7) is 0. The smallest absolute Gasteiger partial charge is 0.262 e. The number of nitrogens with zero attached hydrogens (tertiary/aromatic N) is 1. The first-order valence-electron chi connectivity index (χ1n) is 6.09. The Labute approximate surface area is 115 Å². The average molecular weight is 277 g/mol. The number of aromatic hydroxyl groups is 1. The van der Waals surface area contributed by atoms with Crippen molar-refractivity contribution in [2.24, 2.45) is 5.10 Å². The SMILES string of the molecule is COc1ccc(C=NNC(=O)C2CCC(=O)N2)cc1O. The summed E-state index contributed by atoms with van der Waals surface area (Å²) < 4.78 is 4.92. The zero-order chi connectivity index (χ0) is 14.5. The van der Waals surface area contributed by atoms with Crippen LogP contribution in [0.15, 0.2) is 23.3 Å². The zero-order valence-electron chi connectivity index (χ0n) is 10.9. The summed E-state index contributed by atoms with van der Waals surface area (Å²) in [5, 5.41) is 15.9. The quantitative estimate of drug-likeness (QED) is 0.538. The molecule has 0 spiro atoms. The van der Waals surface area contributed by atoms with Gasteiger partial charge in [-0.2, -0.15) is 5.10 Å². The summed E-state index contributed by atoms with van der Waals surface area (Å²) in [4.78, 5) is 22.6. The first-order valence-corrected chi connectivity index (χ1v) is 6.09. The molecule has 0 aliphatic carbocycles. The summed E-state index contributed by atoms with van der Waals surface area (Å²) in [6, 6.07) is 4.22. The van der Waals surface area contributed by atoms with Crippen LogP contribution in [0.2, 0.25) is 0 Å². The maximum absolute atomic E-state index is 11.6. The zero-order valence-corrected chi connectivity index (χ0v) is 10.9. The van der Waals surface area contributed by atoms with Crippen molar-refractivity contribution in [1.29, 1.82) is 0 Å². The number of nitrogens with one attached hydrogen (secondary N) is 2. The molecule has 0 radical (unpaired) electrons. The Morgan fingerprint density at radius 1 is 1.60 bits per heavy atom. The topological polar surface area (TPSA) is 100 Å². The molecule has 1 aliphatic rings. The third-order valence-electron chi connectivity index (χ3n) is 2.90. The number of hydrogen-bond acceptors (Lipinski definition) is 5. The van der Waals surface area contributed by atoms with Gasteiger partial charge in [0.2, 0.25) is 5.91 Å². The molecular formula is C13H15N3O4. The summed E-state index contributed by atoms with van der Waals surface area (Å²) in [6.07, 6.45) is 2.23. The molecule has 7 heteroatoms. The highest BCUT2D eigenvalue weighted by atomic mass is 16.5. The van der Waals surface area contributed by atoms with E-state index in [1.165, 1.54) is 19.4 Å².